The summed E-state index contributed by atoms with van der Waals surface area (Å²) < 4.78 is 0. The highest BCUT2D eigenvalue weighted by Crippen LogP contribution is 2.25. The Hall–Kier alpha value is -2.01. The summed E-state index contributed by atoms with van der Waals surface area (Å²) in [6.45, 7) is 6.16. The van der Waals surface area contributed by atoms with Gasteiger partial charge in [0, 0.05) is 22.9 Å². The summed E-state index contributed by atoms with van der Waals surface area (Å²) in [6, 6.07) is 6.75. The lowest BCUT2D eigenvalue weighted by molar-refractivity contribution is 0.102. The molecular weight excluding hydrogens is 276 g/mol. The molecule has 1 aromatic heterocycles. The second-order valence-corrected chi connectivity index (χ2v) is 5.98. The van der Waals surface area contributed by atoms with Gasteiger partial charge in [0.1, 0.15) is 0 Å². The number of halogens is 1. The molecule has 0 aliphatic carbocycles. The van der Waals surface area contributed by atoms with Crippen molar-refractivity contribution in [1.29, 1.82) is 0 Å². The molecule has 2 rings (SSSR count). The van der Waals surface area contributed by atoms with Gasteiger partial charge in [0.2, 0.25) is 0 Å². The highest BCUT2D eigenvalue weighted by atomic mass is 35.5. The molecule has 20 heavy (non-hydrogen) atoms. The standard InChI is InChI=1S/C14H17ClN4O/c1-14(2,3)10-7-11(19-18-10)17-13(20)12-8(15)5-4-6-9(12)16/h4-7H,16H2,1-3H3,(H2,17,18,19,20). The van der Waals surface area contributed by atoms with Crippen LogP contribution in [0, 0.1) is 0 Å². The predicted octanol–water partition coefficient (Wildman–Crippen LogP) is 3.20. The van der Waals surface area contributed by atoms with Gasteiger partial charge in [0.05, 0.1) is 10.6 Å². The van der Waals surface area contributed by atoms with Gasteiger partial charge in [0.15, 0.2) is 5.82 Å². The Morgan fingerprint density at radius 3 is 2.65 bits per heavy atom. The smallest absolute Gasteiger partial charge is 0.260 e. The maximum Gasteiger partial charge on any atom is 0.260 e. The Balaban J connectivity index is 2.22. The van der Waals surface area contributed by atoms with Crippen molar-refractivity contribution in [2.75, 3.05) is 11.1 Å². The number of hydrogen-bond donors (Lipinski definition) is 3. The van der Waals surface area contributed by atoms with Crippen LogP contribution in [0.2, 0.25) is 5.02 Å². The van der Waals surface area contributed by atoms with Crippen molar-refractivity contribution in [3.8, 4) is 0 Å². The Bertz CT molecular complexity index is 623. The summed E-state index contributed by atoms with van der Waals surface area (Å²) in [5.74, 6) is 0.0688. The molecular formula is C14H17ClN4O. The molecule has 4 N–H and O–H groups in total. The van der Waals surface area contributed by atoms with E-state index in [-0.39, 0.29) is 16.9 Å². The van der Waals surface area contributed by atoms with Gasteiger partial charge in [-0.2, -0.15) is 5.10 Å². The summed E-state index contributed by atoms with van der Waals surface area (Å²) in [5, 5.41) is 9.97. The highest BCUT2D eigenvalue weighted by Gasteiger charge is 2.19. The summed E-state index contributed by atoms with van der Waals surface area (Å²) in [5.41, 5.74) is 7.23. The van der Waals surface area contributed by atoms with Crippen LogP contribution < -0.4 is 11.1 Å². The molecule has 0 aliphatic rings. The van der Waals surface area contributed by atoms with Crippen LogP contribution >= 0.6 is 11.6 Å². The minimum absolute atomic E-state index is 0.0700. The van der Waals surface area contributed by atoms with Gasteiger partial charge in [-0.05, 0) is 12.1 Å². The van der Waals surface area contributed by atoms with E-state index in [0.29, 0.717) is 16.5 Å². The van der Waals surface area contributed by atoms with Gasteiger partial charge in [0.25, 0.3) is 5.91 Å². The summed E-state index contributed by atoms with van der Waals surface area (Å²) in [7, 11) is 0. The largest absolute Gasteiger partial charge is 0.398 e. The summed E-state index contributed by atoms with van der Waals surface area (Å²) in [4.78, 5) is 12.2. The number of aromatic amines is 1. The molecule has 6 heteroatoms. The van der Waals surface area contributed by atoms with Crippen LogP contribution in [0.5, 0.6) is 0 Å². The second-order valence-electron chi connectivity index (χ2n) is 5.58. The van der Waals surface area contributed by atoms with Crippen molar-refractivity contribution in [3.05, 3.63) is 40.5 Å². The number of anilines is 2. The highest BCUT2D eigenvalue weighted by molar-refractivity contribution is 6.35. The van der Waals surface area contributed by atoms with Crippen LogP contribution in [0.1, 0.15) is 36.8 Å². The Kier molecular flexibility index (Phi) is 3.72. The van der Waals surface area contributed by atoms with E-state index in [4.69, 9.17) is 17.3 Å². The van der Waals surface area contributed by atoms with E-state index in [1.807, 2.05) is 0 Å². The van der Waals surface area contributed by atoms with E-state index in [1.165, 1.54) is 0 Å². The average molecular weight is 293 g/mol. The molecule has 1 aromatic carbocycles. The number of nitrogens with two attached hydrogens (primary N) is 1. The van der Waals surface area contributed by atoms with Crippen LogP contribution in [0.25, 0.3) is 0 Å². The van der Waals surface area contributed by atoms with E-state index in [1.54, 1.807) is 24.3 Å². The number of amides is 1. The number of H-pyrrole nitrogens is 1. The molecule has 2 aromatic rings. The first-order chi connectivity index (χ1) is 9.29. The van der Waals surface area contributed by atoms with Crippen LogP contribution in [0.3, 0.4) is 0 Å². The fourth-order valence-corrected chi connectivity index (χ4v) is 2.00. The molecule has 5 nitrogen and oxygen atoms in total. The number of nitrogens with zero attached hydrogens (tertiary/aromatic N) is 1. The minimum Gasteiger partial charge on any atom is -0.398 e. The van der Waals surface area contributed by atoms with Crippen LogP contribution in [0.15, 0.2) is 24.3 Å². The van der Waals surface area contributed by atoms with Crippen molar-refractivity contribution in [2.45, 2.75) is 26.2 Å². The van der Waals surface area contributed by atoms with Crippen LogP contribution in [-0.4, -0.2) is 16.1 Å². The number of hydrogen-bond acceptors (Lipinski definition) is 3. The maximum atomic E-state index is 12.2. The third-order valence-corrected chi connectivity index (χ3v) is 3.22. The van der Waals surface area contributed by atoms with Gasteiger partial charge in [-0.25, -0.2) is 0 Å². The lowest BCUT2D eigenvalue weighted by Crippen LogP contribution is -2.15. The Morgan fingerprint density at radius 1 is 1.40 bits per heavy atom. The van der Waals surface area contributed by atoms with Crippen molar-refractivity contribution in [3.63, 3.8) is 0 Å². The van der Waals surface area contributed by atoms with E-state index >= 15 is 0 Å². The van der Waals surface area contributed by atoms with Gasteiger partial charge in [-0.15, -0.1) is 0 Å². The first kappa shape index (κ1) is 14.4. The zero-order valence-corrected chi connectivity index (χ0v) is 12.4. The quantitative estimate of drug-likeness (QED) is 0.743. The number of aromatic nitrogens is 2. The van der Waals surface area contributed by atoms with Crippen molar-refractivity contribution in [2.24, 2.45) is 0 Å². The monoisotopic (exact) mass is 292 g/mol. The van der Waals surface area contributed by atoms with E-state index in [2.05, 4.69) is 36.3 Å². The SMILES string of the molecule is CC(C)(C)c1cc(NC(=O)c2c(N)cccc2Cl)n[nH]1. The number of nitrogens with one attached hydrogen (secondary N) is 2. The molecule has 0 saturated heterocycles. The zero-order chi connectivity index (χ0) is 14.9. The number of benzene rings is 1. The van der Waals surface area contributed by atoms with E-state index < -0.39 is 0 Å². The molecule has 106 valence electrons. The van der Waals surface area contributed by atoms with Crippen LogP contribution in [0.4, 0.5) is 11.5 Å². The van der Waals surface area contributed by atoms with Gasteiger partial charge < -0.3 is 11.1 Å². The lowest BCUT2D eigenvalue weighted by Gasteiger charge is -2.14. The number of rotatable bonds is 2. The topological polar surface area (TPSA) is 83.8 Å². The van der Waals surface area contributed by atoms with Crippen molar-refractivity contribution >= 4 is 29.0 Å². The van der Waals surface area contributed by atoms with Crippen LogP contribution in [-0.2, 0) is 5.41 Å². The normalized spacial score (nSPS) is 11.4. The Labute approximate surface area is 122 Å². The molecule has 1 amide bonds. The Morgan fingerprint density at radius 2 is 2.10 bits per heavy atom. The molecule has 0 atom stereocenters. The molecule has 1 heterocycles. The molecule has 0 fully saturated rings. The summed E-state index contributed by atoms with van der Waals surface area (Å²) >= 11 is 6.00. The van der Waals surface area contributed by atoms with Gasteiger partial charge in [-0.3, -0.25) is 9.89 Å². The first-order valence-electron chi connectivity index (χ1n) is 6.20. The average Bonchev–Trinajstić information content (AvgIpc) is 2.76. The fraction of sp³-hybridized carbons (Fsp3) is 0.286. The van der Waals surface area contributed by atoms with Crippen molar-refractivity contribution < 1.29 is 4.79 Å². The molecule has 0 spiro atoms. The maximum absolute atomic E-state index is 12.2. The summed E-state index contributed by atoms with van der Waals surface area (Å²) in [6.07, 6.45) is 0. The first-order valence-corrected chi connectivity index (χ1v) is 6.58. The molecule has 0 aliphatic heterocycles. The lowest BCUT2D eigenvalue weighted by atomic mass is 9.92. The third kappa shape index (κ3) is 2.93. The van der Waals surface area contributed by atoms with E-state index in [0.717, 1.165) is 5.69 Å². The third-order valence-electron chi connectivity index (χ3n) is 2.90. The molecule has 0 bridgehead atoms. The van der Waals surface area contributed by atoms with Crippen molar-refractivity contribution in [1.82, 2.24) is 10.2 Å². The number of nitrogen functional groups attached to an aromatic ring is 1. The van der Waals surface area contributed by atoms with E-state index in [9.17, 15) is 4.79 Å². The zero-order valence-electron chi connectivity index (χ0n) is 11.6. The minimum atomic E-state index is -0.375. The molecule has 0 unspecified atom stereocenters. The number of carbonyl (C=O) groups excluding carboxylic acids is 1. The molecule has 0 saturated carbocycles. The number of carbonyl (C=O) groups is 1. The second kappa shape index (κ2) is 5.17. The van der Waals surface area contributed by atoms with Gasteiger partial charge >= 0.3 is 0 Å². The molecule has 0 radical (unpaired) electrons. The van der Waals surface area contributed by atoms with Gasteiger partial charge in [-0.1, -0.05) is 38.4 Å². The predicted molar refractivity (Wildman–Crippen MR) is 81.1 cm³/mol. The fourth-order valence-electron chi connectivity index (χ4n) is 1.73.